The summed E-state index contributed by atoms with van der Waals surface area (Å²) in [5, 5.41) is 9.20. The molecule has 3 heterocycles. The highest BCUT2D eigenvalue weighted by Gasteiger charge is 2.36. The van der Waals surface area contributed by atoms with Gasteiger partial charge in [0.2, 0.25) is 11.7 Å². The van der Waals surface area contributed by atoms with Gasteiger partial charge in [-0.25, -0.2) is 9.37 Å². The van der Waals surface area contributed by atoms with Gasteiger partial charge in [0, 0.05) is 29.1 Å². The first-order chi connectivity index (χ1) is 18.2. The van der Waals surface area contributed by atoms with Crippen molar-refractivity contribution in [1.82, 2.24) is 29.5 Å². The molecule has 1 aliphatic heterocycles. The number of nitrogens with zero attached hydrogens (tertiary/aromatic N) is 4. The molecule has 1 unspecified atom stereocenters. The van der Waals surface area contributed by atoms with Crippen molar-refractivity contribution < 1.29 is 18.8 Å². The molecule has 0 aliphatic carbocycles. The van der Waals surface area contributed by atoms with Crippen LogP contribution in [-0.2, 0) is 11.3 Å². The quantitative estimate of drug-likeness (QED) is 0.322. The van der Waals surface area contributed by atoms with Gasteiger partial charge < -0.3 is 25.4 Å². The lowest BCUT2D eigenvalue weighted by Crippen LogP contribution is -2.41. The fourth-order valence-electron chi connectivity index (χ4n) is 4.25. The number of hydrogen-bond donors (Lipinski definition) is 3. The number of carbonyl (C=O) groups is 3. The summed E-state index contributed by atoms with van der Waals surface area (Å²) in [6.07, 6.45) is 0. The third kappa shape index (κ3) is 4.97. The molecule has 0 radical (unpaired) electrons. The van der Waals surface area contributed by atoms with Gasteiger partial charge in [-0.2, -0.15) is 4.37 Å². The predicted octanol–water partition coefficient (Wildman–Crippen LogP) is 3.05. The van der Waals surface area contributed by atoms with Crippen LogP contribution in [0, 0.1) is 5.82 Å². The van der Waals surface area contributed by atoms with Crippen LogP contribution in [0.2, 0.25) is 5.02 Å². The molecule has 1 atom stereocenters. The monoisotopic (exact) mass is 555 g/mol. The van der Waals surface area contributed by atoms with Crippen molar-refractivity contribution in [2.24, 2.45) is 0 Å². The highest BCUT2D eigenvalue weighted by molar-refractivity contribution is 7.13. The zero-order valence-electron chi connectivity index (χ0n) is 20.4. The Morgan fingerprint density at radius 2 is 2.03 bits per heavy atom. The maximum absolute atomic E-state index is 14.2. The molecule has 1 aliphatic rings. The number of anilines is 1. The number of fused-ring (bicyclic) bond motifs is 2. The van der Waals surface area contributed by atoms with Crippen LogP contribution in [0.1, 0.15) is 38.4 Å². The molecule has 0 spiro atoms. The van der Waals surface area contributed by atoms with Crippen molar-refractivity contribution in [2.45, 2.75) is 12.6 Å². The van der Waals surface area contributed by atoms with E-state index in [9.17, 15) is 18.8 Å². The zero-order chi connectivity index (χ0) is 27.0. The Kier molecular flexibility index (Phi) is 7.11. The van der Waals surface area contributed by atoms with Crippen LogP contribution in [-0.4, -0.2) is 63.7 Å². The van der Waals surface area contributed by atoms with Gasteiger partial charge in [0.15, 0.2) is 5.82 Å². The summed E-state index contributed by atoms with van der Waals surface area (Å²) in [4.78, 5) is 45.5. The van der Waals surface area contributed by atoms with Crippen molar-refractivity contribution in [3.8, 4) is 0 Å². The fourth-order valence-corrected chi connectivity index (χ4v) is 5.25. The highest BCUT2D eigenvalue weighted by Crippen LogP contribution is 2.36. The third-order valence-corrected chi connectivity index (χ3v) is 7.20. The number of hydrogen-bond acceptors (Lipinski definition) is 7. The summed E-state index contributed by atoms with van der Waals surface area (Å²) >= 11 is 7.57. The van der Waals surface area contributed by atoms with E-state index in [0.29, 0.717) is 24.2 Å². The number of benzene rings is 2. The van der Waals surface area contributed by atoms with Crippen LogP contribution in [0.5, 0.6) is 0 Å². The van der Waals surface area contributed by atoms with Gasteiger partial charge in [-0.1, -0.05) is 29.8 Å². The van der Waals surface area contributed by atoms with Crippen LogP contribution in [0.4, 0.5) is 10.2 Å². The molecule has 0 saturated heterocycles. The van der Waals surface area contributed by atoms with E-state index >= 15 is 0 Å². The SMILES string of the molecule is CN(C)CCNC(=O)c1nc(NC(=O)c2nsc3ccccc23)c2n1CC(=O)NC2c1cc(F)ccc1Cl. The standard InChI is InChI=1S/C25H23ClFN7O3S/c1-33(2)10-9-28-25(37)23-30-22(31-24(36)20-14-5-3-4-6-17(14)38-32-20)21-19(29-18(35)12-34(21)23)15-11-13(27)7-8-16(15)26/h3-8,11,19H,9-10,12H2,1-2H3,(H,28,37)(H,29,35)(H,31,36). The summed E-state index contributed by atoms with van der Waals surface area (Å²) in [6.45, 7) is 0.700. The molecule has 0 saturated carbocycles. The van der Waals surface area contributed by atoms with Gasteiger partial charge in [0.25, 0.3) is 11.8 Å². The summed E-state index contributed by atoms with van der Waals surface area (Å²) in [5.74, 6) is -2.07. The minimum Gasteiger partial charge on any atom is -0.348 e. The Balaban J connectivity index is 1.59. The molecular weight excluding hydrogens is 533 g/mol. The molecule has 10 nitrogen and oxygen atoms in total. The van der Waals surface area contributed by atoms with Crippen molar-refractivity contribution in [1.29, 1.82) is 0 Å². The highest BCUT2D eigenvalue weighted by atomic mass is 35.5. The number of carbonyl (C=O) groups excluding carboxylic acids is 3. The Hall–Kier alpha value is -3.87. The maximum atomic E-state index is 14.2. The van der Waals surface area contributed by atoms with Crippen molar-refractivity contribution in [2.75, 3.05) is 32.5 Å². The van der Waals surface area contributed by atoms with Gasteiger partial charge in [0.1, 0.15) is 18.1 Å². The number of nitrogens with one attached hydrogen (secondary N) is 3. The molecule has 2 aromatic heterocycles. The van der Waals surface area contributed by atoms with E-state index in [0.717, 1.165) is 4.70 Å². The summed E-state index contributed by atoms with van der Waals surface area (Å²) in [6, 6.07) is 10.1. The molecule has 5 rings (SSSR count). The minimum atomic E-state index is -0.974. The second kappa shape index (κ2) is 10.5. The molecular formula is C25H23ClFN7O3S. The predicted molar refractivity (Wildman–Crippen MR) is 142 cm³/mol. The first-order valence-corrected chi connectivity index (χ1v) is 12.8. The molecule has 0 bridgehead atoms. The molecule has 196 valence electrons. The van der Waals surface area contributed by atoms with E-state index in [1.54, 1.807) is 12.1 Å². The van der Waals surface area contributed by atoms with E-state index in [2.05, 4.69) is 25.3 Å². The topological polar surface area (TPSA) is 121 Å². The fraction of sp³-hybridized carbons (Fsp3) is 0.240. The van der Waals surface area contributed by atoms with Gasteiger partial charge in [-0.15, -0.1) is 0 Å². The van der Waals surface area contributed by atoms with Crippen LogP contribution in [0.25, 0.3) is 10.1 Å². The molecule has 38 heavy (non-hydrogen) atoms. The van der Waals surface area contributed by atoms with Gasteiger partial charge in [-0.3, -0.25) is 14.4 Å². The van der Waals surface area contributed by atoms with Gasteiger partial charge in [-0.05, 0) is 49.9 Å². The molecule has 3 amide bonds. The molecule has 13 heteroatoms. The van der Waals surface area contributed by atoms with Crippen LogP contribution < -0.4 is 16.0 Å². The Morgan fingerprint density at radius 3 is 2.82 bits per heavy atom. The Morgan fingerprint density at radius 1 is 1.24 bits per heavy atom. The molecule has 3 N–H and O–H groups in total. The van der Waals surface area contributed by atoms with E-state index in [4.69, 9.17) is 11.6 Å². The smallest absolute Gasteiger partial charge is 0.287 e. The molecule has 0 fully saturated rings. The average molecular weight is 556 g/mol. The minimum absolute atomic E-state index is 0.0372. The van der Waals surface area contributed by atoms with Crippen molar-refractivity contribution >= 4 is 56.8 Å². The first kappa shape index (κ1) is 25.8. The van der Waals surface area contributed by atoms with Crippen LogP contribution >= 0.6 is 23.1 Å². The van der Waals surface area contributed by atoms with Crippen LogP contribution in [0.15, 0.2) is 42.5 Å². The normalized spacial score (nSPS) is 14.9. The summed E-state index contributed by atoms with van der Waals surface area (Å²) in [7, 11) is 3.74. The lowest BCUT2D eigenvalue weighted by Gasteiger charge is -2.28. The Labute approximate surface area is 226 Å². The zero-order valence-corrected chi connectivity index (χ0v) is 22.0. The second-order valence-electron chi connectivity index (χ2n) is 8.96. The lowest BCUT2D eigenvalue weighted by atomic mass is 10.0. The molecule has 2 aromatic carbocycles. The summed E-state index contributed by atoms with van der Waals surface area (Å²) in [5.41, 5.74) is 0.752. The van der Waals surface area contributed by atoms with Gasteiger partial charge in [0.05, 0.1) is 16.4 Å². The third-order valence-electron chi connectivity index (χ3n) is 6.03. The lowest BCUT2D eigenvalue weighted by molar-refractivity contribution is -0.123. The number of halogens is 2. The number of imidazole rings is 1. The number of likely N-dealkylation sites (N-methyl/N-ethyl adjacent to an activating group) is 1. The maximum Gasteiger partial charge on any atom is 0.287 e. The number of amides is 3. The van der Waals surface area contributed by atoms with E-state index < -0.39 is 29.6 Å². The van der Waals surface area contributed by atoms with E-state index in [-0.39, 0.29) is 34.5 Å². The molecule has 4 aromatic rings. The van der Waals surface area contributed by atoms with Crippen LogP contribution in [0.3, 0.4) is 0 Å². The van der Waals surface area contributed by atoms with Crippen molar-refractivity contribution in [3.63, 3.8) is 0 Å². The number of rotatable bonds is 7. The summed E-state index contributed by atoms with van der Waals surface area (Å²) < 4.78 is 20.8. The average Bonchev–Trinajstić information content (AvgIpc) is 3.46. The van der Waals surface area contributed by atoms with E-state index in [1.165, 1.54) is 34.3 Å². The van der Waals surface area contributed by atoms with Gasteiger partial charge >= 0.3 is 0 Å². The number of aromatic nitrogens is 3. The second-order valence-corrected chi connectivity index (χ2v) is 10.2. The van der Waals surface area contributed by atoms with Crippen molar-refractivity contribution in [3.05, 3.63) is 76.1 Å². The first-order valence-electron chi connectivity index (χ1n) is 11.7. The van der Waals surface area contributed by atoms with E-state index in [1.807, 2.05) is 31.1 Å². The Bertz CT molecular complexity index is 1570. The largest absolute Gasteiger partial charge is 0.348 e.